The Balaban J connectivity index is 2.19. The lowest BCUT2D eigenvalue weighted by atomic mass is 9.94. The first-order chi connectivity index (χ1) is 8.82. The van der Waals surface area contributed by atoms with Crippen LogP contribution in [0, 0.1) is 0 Å². The Bertz CT molecular complexity index is 572. The zero-order valence-corrected chi connectivity index (χ0v) is 11.3. The Hall–Kier alpha value is -1.38. The number of rotatable bonds is 4. The van der Waals surface area contributed by atoms with Crippen molar-refractivity contribution in [1.29, 1.82) is 0 Å². The molecule has 0 saturated carbocycles. The van der Waals surface area contributed by atoms with E-state index in [0.717, 1.165) is 6.07 Å². The molecule has 0 unspecified atom stereocenters. The van der Waals surface area contributed by atoms with Crippen LogP contribution < -0.4 is 4.72 Å². The van der Waals surface area contributed by atoms with Crippen molar-refractivity contribution in [2.75, 3.05) is 13.2 Å². The summed E-state index contributed by atoms with van der Waals surface area (Å²) >= 11 is 0. The minimum atomic E-state index is -3.73. The van der Waals surface area contributed by atoms with Gasteiger partial charge in [-0.25, -0.2) is 17.9 Å². The van der Waals surface area contributed by atoms with E-state index in [9.17, 15) is 13.2 Å². The van der Waals surface area contributed by atoms with E-state index >= 15 is 0 Å². The number of H-pyrrole nitrogens is 1. The lowest BCUT2D eigenvalue weighted by Gasteiger charge is -2.33. The van der Waals surface area contributed by atoms with E-state index in [-0.39, 0.29) is 10.6 Å². The van der Waals surface area contributed by atoms with Crippen molar-refractivity contribution in [3.63, 3.8) is 0 Å². The molecular formula is C11H16N2O5S. The number of carbonyl (C=O) groups is 1. The predicted molar refractivity (Wildman–Crippen MR) is 66.5 cm³/mol. The minimum Gasteiger partial charge on any atom is -0.477 e. The standard InChI is InChI=1S/C11H16N2O5S/c1-11(2-4-18-5-3-11)13-19(16,17)8-6-9(10(14)15)12-7-8/h6-7,12-13H,2-5H2,1H3,(H,14,15). The molecule has 1 aliphatic rings. The van der Waals surface area contributed by atoms with Crippen LogP contribution in [0.1, 0.15) is 30.3 Å². The second-order valence-electron chi connectivity index (χ2n) is 4.83. The van der Waals surface area contributed by atoms with Gasteiger partial charge in [-0.3, -0.25) is 0 Å². The minimum absolute atomic E-state index is 0.0717. The van der Waals surface area contributed by atoms with Gasteiger partial charge in [-0.15, -0.1) is 0 Å². The molecular weight excluding hydrogens is 272 g/mol. The molecule has 106 valence electrons. The molecule has 0 aromatic carbocycles. The van der Waals surface area contributed by atoms with Crippen LogP contribution in [-0.4, -0.2) is 43.2 Å². The molecule has 1 aromatic rings. The van der Waals surface area contributed by atoms with Crippen LogP contribution in [0.15, 0.2) is 17.2 Å². The number of hydrogen-bond donors (Lipinski definition) is 3. The van der Waals surface area contributed by atoms with Crippen molar-refractivity contribution in [3.8, 4) is 0 Å². The number of ether oxygens (including phenoxy) is 1. The van der Waals surface area contributed by atoms with Crippen LogP contribution in [0.25, 0.3) is 0 Å². The monoisotopic (exact) mass is 288 g/mol. The first-order valence-electron chi connectivity index (χ1n) is 5.86. The second kappa shape index (κ2) is 4.95. The molecule has 2 rings (SSSR count). The third kappa shape index (κ3) is 3.14. The number of carboxylic acid groups (broad SMARTS) is 1. The second-order valence-corrected chi connectivity index (χ2v) is 6.52. The molecule has 2 heterocycles. The van der Waals surface area contributed by atoms with Crippen molar-refractivity contribution in [1.82, 2.24) is 9.71 Å². The molecule has 8 heteroatoms. The first-order valence-corrected chi connectivity index (χ1v) is 7.34. The molecule has 7 nitrogen and oxygen atoms in total. The summed E-state index contributed by atoms with van der Waals surface area (Å²) in [7, 11) is -3.73. The number of carboxylic acids is 1. The highest BCUT2D eigenvalue weighted by atomic mass is 32.2. The fourth-order valence-electron chi connectivity index (χ4n) is 1.96. The normalized spacial score (nSPS) is 19.2. The van der Waals surface area contributed by atoms with Crippen molar-refractivity contribution in [2.45, 2.75) is 30.2 Å². The van der Waals surface area contributed by atoms with E-state index in [1.807, 2.05) is 6.92 Å². The fourth-order valence-corrected chi connectivity index (χ4v) is 3.42. The molecule has 19 heavy (non-hydrogen) atoms. The summed E-state index contributed by atoms with van der Waals surface area (Å²) in [5.41, 5.74) is -0.713. The van der Waals surface area contributed by atoms with Gasteiger partial charge in [0.05, 0.1) is 0 Å². The molecule has 3 N–H and O–H groups in total. The van der Waals surface area contributed by atoms with Crippen LogP contribution in [-0.2, 0) is 14.8 Å². The Morgan fingerprint density at radius 1 is 1.47 bits per heavy atom. The summed E-state index contributed by atoms with van der Waals surface area (Å²) < 4.78 is 32.2. The lowest BCUT2D eigenvalue weighted by Crippen LogP contribution is -2.49. The zero-order chi connectivity index (χ0) is 14.1. The Kier molecular flexibility index (Phi) is 3.66. The van der Waals surface area contributed by atoms with Crippen LogP contribution in [0.4, 0.5) is 0 Å². The summed E-state index contributed by atoms with van der Waals surface area (Å²) in [5, 5.41) is 8.77. The third-order valence-corrected chi connectivity index (χ3v) is 4.79. The van der Waals surface area contributed by atoms with Gasteiger partial charge >= 0.3 is 5.97 Å². The van der Waals surface area contributed by atoms with E-state index in [1.54, 1.807) is 0 Å². The molecule has 0 radical (unpaired) electrons. The van der Waals surface area contributed by atoms with Gasteiger partial charge < -0.3 is 14.8 Å². The van der Waals surface area contributed by atoms with Gasteiger partial charge in [0.2, 0.25) is 10.0 Å². The van der Waals surface area contributed by atoms with Crippen LogP contribution in [0.3, 0.4) is 0 Å². The van der Waals surface area contributed by atoms with Gasteiger partial charge in [-0.1, -0.05) is 0 Å². The predicted octanol–water partition coefficient (Wildman–Crippen LogP) is 0.560. The Morgan fingerprint density at radius 3 is 2.63 bits per heavy atom. The summed E-state index contributed by atoms with van der Waals surface area (Å²) in [4.78, 5) is 13.1. The van der Waals surface area contributed by atoms with E-state index in [1.165, 1.54) is 6.20 Å². The van der Waals surface area contributed by atoms with Gasteiger partial charge in [0, 0.05) is 24.9 Å². The lowest BCUT2D eigenvalue weighted by molar-refractivity contribution is 0.0537. The number of sulfonamides is 1. The van der Waals surface area contributed by atoms with E-state index in [4.69, 9.17) is 9.84 Å². The van der Waals surface area contributed by atoms with Crippen LogP contribution >= 0.6 is 0 Å². The molecule has 1 saturated heterocycles. The van der Waals surface area contributed by atoms with Crippen molar-refractivity contribution in [3.05, 3.63) is 18.0 Å². The Labute approximate surface area is 111 Å². The maximum absolute atomic E-state index is 12.2. The highest BCUT2D eigenvalue weighted by Crippen LogP contribution is 2.23. The van der Waals surface area contributed by atoms with Crippen molar-refractivity contribution in [2.24, 2.45) is 0 Å². The average Bonchev–Trinajstić information content (AvgIpc) is 2.78. The van der Waals surface area contributed by atoms with E-state index < -0.39 is 21.5 Å². The molecule has 0 spiro atoms. The van der Waals surface area contributed by atoms with Gasteiger partial charge in [0.15, 0.2) is 0 Å². The zero-order valence-electron chi connectivity index (χ0n) is 10.5. The third-order valence-electron chi connectivity index (χ3n) is 3.17. The molecule has 0 amide bonds. The Morgan fingerprint density at radius 2 is 2.11 bits per heavy atom. The SMILES string of the molecule is CC1(NS(=O)(=O)c2c[nH]c(C(=O)O)c2)CCOCC1. The average molecular weight is 288 g/mol. The molecule has 0 bridgehead atoms. The smallest absolute Gasteiger partial charge is 0.352 e. The number of aromatic nitrogens is 1. The van der Waals surface area contributed by atoms with Crippen LogP contribution in [0.5, 0.6) is 0 Å². The summed E-state index contributed by atoms with van der Waals surface area (Å²) in [5.74, 6) is -1.20. The molecule has 1 aromatic heterocycles. The maximum atomic E-state index is 12.2. The number of aromatic carboxylic acids is 1. The highest BCUT2D eigenvalue weighted by molar-refractivity contribution is 7.89. The number of hydrogen-bond acceptors (Lipinski definition) is 4. The quantitative estimate of drug-likeness (QED) is 0.750. The van der Waals surface area contributed by atoms with Gasteiger partial charge in [-0.2, -0.15) is 0 Å². The van der Waals surface area contributed by atoms with E-state index in [2.05, 4.69) is 9.71 Å². The first kappa shape index (κ1) is 14.0. The number of aromatic amines is 1. The molecule has 1 fully saturated rings. The van der Waals surface area contributed by atoms with Gasteiger partial charge in [-0.05, 0) is 25.8 Å². The van der Waals surface area contributed by atoms with E-state index in [0.29, 0.717) is 26.1 Å². The fraction of sp³-hybridized carbons (Fsp3) is 0.545. The van der Waals surface area contributed by atoms with Crippen LogP contribution in [0.2, 0.25) is 0 Å². The summed E-state index contributed by atoms with van der Waals surface area (Å²) in [6, 6.07) is 1.10. The topological polar surface area (TPSA) is 108 Å². The molecule has 1 aliphatic heterocycles. The van der Waals surface area contributed by atoms with Crippen molar-refractivity contribution >= 4 is 16.0 Å². The molecule has 0 aliphatic carbocycles. The van der Waals surface area contributed by atoms with Gasteiger partial charge in [0.25, 0.3) is 0 Å². The molecule has 0 atom stereocenters. The highest BCUT2D eigenvalue weighted by Gasteiger charge is 2.33. The number of nitrogens with one attached hydrogen (secondary N) is 2. The summed E-state index contributed by atoms with van der Waals surface area (Å²) in [6.45, 7) is 2.83. The largest absolute Gasteiger partial charge is 0.477 e. The maximum Gasteiger partial charge on any atom is 0.352 e. The van der Waals surface area contributed by atoms with Gasteiger partial charge in [0.1, 0.15) is 10.6 Å². The summed E-state index contributed by atoms with van der Waals surface area (Å²) in [6.07, 6.45) is 2.35. The van der Waals surface area contributed by atoms with Crippen molar-refractivity contribution < 1.29 is 23.1 Å².